The summed E-state index contributed by atoms with van der Waals surface area (Å²) in [6.45, 7) is 3.80. The number of aromatic hydroxyl groups is 4. The third kappa shape index (κ3) is 3.13. The number of aromatic nitrogens is 1. The van der Waals surface area contributed by atoms with Crippen molar-refractivity contribution in [3.63, 3.8) is 0 Å². The summed E-state index contributed by atoms with van der Waals surface area (Å²) in [6, 6.07) is 13.2. The minimum atomic E-state index is -0.0175. The van der Waals surface area contributed by atoms with Crippen LogP contribution in [-0.2, 0) is 6.42 Å². The van der Waals surface area contributed by atoms with Crippen LogP contribution < -0.4 is 0 Å². The van der Waals surface area contributed by atoms with Gasteiger partial charge in [0, 0.05) is 11.1 Å². The van der Waals surface area contributed by atoms with E-state index < -0.39 is 0 Å². The Bertz CT molecular complexity index is 880. The number of rotatable bonds is 4. The van der Waals surface area contributed by atoms with Crippen LogP contribution in [-0.4, -0.2) is 25.0 Å². The molecular weight excluding hydrogens is 318 g/mol. The fourth-order valence-electron chi connectivity index (χ4n) is 3.02. The van der Waals surface area contributed by atoms with Crippen LogP contribution in [0.25, 0.3) is 5.69 Å². The second-order valence-electron chi connectivity index (χ2n) is 6.30. The van der Waals surface area contributed by atoms with Crippen molar-refractivity contribution >= 4 is 0 Å². The van der Waals surface area contributed by atoms with E-state index in [4.69, 9.17) is 0 Å². The first-order valence-corrected chi connectivity index (χ1v) is 8.09. The molecule has 25 heavy (non-hydrogen) atoms. The van der Waals surface area contributed by atoms with Gasteiger partial charge in [0.25, 0.3) is 0 Å². The second-order valence-corrected chi connectivity index (χ2v) is 6.30. The van der Waals surface area contributed by atoms with Crippen LogP contribution in [0.15, 0.2) is 48.5 Å². The van der Waals surface area contributed by atoms with E-state index in [9.17, 15) is 20.4 Å². The van der Waals surface area contributed by atoms with Crippen molar-refractivity contribution in [1.82, 2.24) is 4.57 Å². The normalized spacial score (nSPS) is 12.2. The maximum atomic E-state index is 10.7. The lowest BCUT2D eigenvalue weighted by Crippen LogP contribution is -1.99. The van der Waals surface area contributed by atoms with Crippen molar-refractivity contribution < 1.29 is 20.4 Å². The van der Waals surface area contributed by atoms with Crippen molar-refractivity contribution in [2.45, 2.75) is 26.2 Å². The van der Waals surface area contributed by atoms with Gasteiger partial charge in [-0.2, -0.15) is 0 Å². The number of benzene rings is 2. The molecular formula is C20H21NO4. The molecule has 0 bridgehead atoms. The SMILES string of the molecule is Cc1c(CC(C)c2ccc(O)cc2)c(O)n(-c2ccc(O)cc2)c1O. The first-order valence-electron chi connectivity index (χ1n) is 8.09. The van der Waals surface area contributed by atoms with Crippen LogP contribution in [0.3, 0.4) is 0 Å². The standard InChI is InChI=1S/C20H21NO4/c1-12(14-3-7-16(22)8-4-14)11-18-13(2)19(24)21(20(18)25)15-5-9-17(23)10-6-15/h3-10,12,22-25H,11H2,1-2H3. The lowest BCUT2D eigenvalue weighted by atomic mass is 9.93. The maximum Gasteiger partial charge on any atom is 0.202 e. The van der Waals surface area contributed by atoms with E-state index in [0.717, 1.165) is 5.56 Å². The first-order chi connectivity index (χ1) is 11.9. The highest BCUT2D eigenvalue weighted by Crippen LogP contribution is 2.39. The Morgan fingerprint density at radius 2 is 1.32 bits per heavy atom. The maximum absolute atomic E-state index is 10.7. The van der Waals surface area contributed by atoms with Crippen LogP contribution in [0.4, 0.5) is 0 Å². The second kappa shape index (κ2) is 6.43. The fraction of sp³-hybridized carbons (Fsp3) is 0.200. The Hall–Kier alpha value is -3.08. The molecule has 1 unspecified atom stereocenters. The summed E-state index contributed by atoms with van der Waals surface area (Å²) in [5.41, 5.74) is 2.90. The highest BCUT2D eigenvalue weighted by Gasteiger charge is 2.22. The smallest absolute Gasteiger partial charge is 0.202 e. The number of phenolic OH excluding ortho intramolecular Hbond substituents is 2. The molecule has 0 aliphatic carbocycles. The summed E-state index contributed by atoms with van der Waals surface area (Å²) in [4.78, 5) is 0. The van der Waals surface area contributed by atoms with Gasteiger partial charge in [0.15, 0.2) is 0 Å². The summed E-state index contributed by atoms with van der Waals surface area (Å²) in [5, 5.41) is 39.9. The molecule has 0 aliphatic rings. The van der Waals surface area contributed by atoms with E-state index >= 15 is 0 Å². The Balaban J connectivity index is 1.96. The van der Waals surface area contributed by atoms with Crippen LogP contribution in [0.1, 0.15) is 29.5 Å². The molecule has 0 saturated carbocycles. The van der Waals surface area contributed by atoms with Crippen molar-refractivity contribution in [1.29, 1.82) is 0 Å². The van der Waals surface area contributed by atoms with Gasteiger partial charge < -0.3 is 20.4 Å². The van der Waals surface area contributed by atoms with Gasteiger partial charge in [-0.05, 0) is 61.2 Å². The zero-order chi connectivity index (χ0) is 18.1. The molecule has 0 radical (unpaired) electrons. The molecule has 0 amide bonds. The van der Waals surface area contributed by atoms with Gasteiger partial charge in [-0.15, -0.1) is 0 Å². The molecule has 0 saturated heterocycles. The number of hydrogen-bond acceptors (Lipinski definition) is 4. The van der Waals surface area contributed by atoms with Crippen LogP contribution in [0.2, 0.25) is 0 Å². The molecule has 0 aliphatic heterocycles. The average molecular weight is 339 g/mol. The van der Waals surface area contributed by atoms with Gasteiger partial charge in [0.2, 0.25) is 11.8 Å². The van der Waals surface area contributed by atoms with Gasteiger partial charge in [-0.1, -0.05) is 19.1 Å². The Kier molecular flexibility index (Phi) is 4.31. The molecule has 4 N–H and O–H groups in total. The van der Waals surface area contributed by atoms with Gasteiger partial charge in [0.05, 0.1) is 5.69 Å². The third-order valence-electron chi connectivity index (χ3n) is 4.56. The quantitative estimate of drug-likeness (QED) is 0.580. The highest BCUT2D eigenvalue weighted by molar-refractivity contribution is 5.53. The summed E-state index contributed by atoms with van der Waals surface area (Å²) in [5.74, 6) is 0.404. The largest absolute Gasteiger partial charge is 0.508 e. The number of phenols is 2. The van der Waals surface area contributed by atoms with E-state index in [2.05, 4.69) is 0 Å². The topological polar surface area (TPSA) is 85.9 Å². The predicted octanol–water partition coefficient (Wildman–Crippen LogP) is 3.95. The molecule has 3 rings (SSSR count). The zero-order valence-electron chi connectivity index (χ0n) is 14.1. The summed E-state index contributed by atoms with van der Waals surface area (Å²) in [6.07, 6.45) is 0.543. The molecule has 130 valence electrons. The van der Waals surface area contributed by atoms with Gasteiger partial charge in [-0.25, -0.2) is 0 Å². The van der Waals surface area contributed by atoms with E-state index in [1.54, 1.807) is 31.2 Å². The summed E-state index contributed by atoms with van der Waals surface area (Å²) >= 11 is 0. The van der Waals surface area contributed by atoms with E-state index in [1.807, 2.05) is 19.1 Å². The fourth-order valence-corrected chi connectivity index (χ4v) is 3.02. The molecule has 1 heterocycles. The van der Waals surface area contributed by atoms with Crippen molar-refractivity contribution in [3.05, 3.63) is 65.2 Å². The molecule has 5 nitrogen and oxygen atoms in total. The molecule has 1 aromatic heterocycles. The van der Waals surface area contributed by atoms with E-state index in [0.29, 0.717) is 23.2 Å². The Labute approximate surface area is 146 Å². The summed E-state index contributed by atoms with van der Waals surface area (Å²) < 4.78 is 1.37. The lowest BCUT2D eigenvalue weighted by molar-refractivity contribution is 0.399. The first kappa shape index (κ1) is 16.8. The van der Waals surface area contributed by atoms with Crippen LogP contribution in [0.5, 0.6) is 23.3 Å². The minimum absolute atomic E-state index is 0.00804. The predicted molar refractivity (Wildman–Crippen MR) is 95.7 cm³/mol. The number of nitrogens with zero attached hydrogens (tertiary/aromatic N) is 1. The number of hydrogen-bond donors (Lipinski definition) is 4. The average Bonchev–Trinajstić information content (AvgIpc) is 2.80. The molecule has 0 spiro atoms. The van der Waals surface area contributed by atoms with Crippen molar-refractivity contribution in [3.8, 4) is 28.9 Å². The molecule has 3 aromatic rings. The monoisotopic (exact) mass is 339 g/mol. The van der Waals surface area contributed by atoms with Crippen LogP contribution >= 0.6 is 0 Å². The third-order valence-corrected chi connectivity index (χ3v) is 4.56. The van der Waals surface area contributed by atoms with Gasteiger partial charge >= 0.3 is 0 Å². The minimum Gasteiger partial charge on any atom is -0.508 e. The molecule has 1 atom stereocenters. The molecule has 5 heteroatoms. The van der Waals surface area contributed by atoms with E-state index in [-0.39, 0.29) is 29.2 Å². The Morgan fingerprint density at radius 1 is 0.800 bits per heavy atom. The highest BCUT2D eigenvalue weighted by atomic mass is 16.3. The lowest BCUT2D eigenvalue weighted by Gasteiger charge is -2.12. The van der Waals surface area contributed by atoms with Gasteiger partial charge in [0.1, 0.15) is 11.5 Å². The Morgan fingerprint density at radius 3 is 1.88 bits per heavy atom. The molecule has 2 aromatic carbocycles. The van der Waals surface area contributed by atoms with Crippen molar-refractivity contribution in [2.24, 2.45) is 0 Å². The van der Waals surface area contributed by atoms with Crippen LogP contribution in [0, 0.1) is 6.92 Å². The molecule has 0 fully saturated rings. The zero-order valence-corrected chi connectivity index (χ0v) is 14.1. The van der Waals surface area contributed by atoms with E-state index in [1.165, 1.54) is 16.7 Å². The van der Waals surface area contributed by atoms with Crippen molar-refractivity contribution in [2.75, 3.05) is 0 Å². The van der Waals surface area contributed by atoms with Gasteiger partial charge in [-0.3, -0.25) is 4.57 Å². The summed E-state index contributed by atoms with van der Waals surface area (Å²) in [7, 11) is 0.